The van der Waals surface area contributed by atoms with E-state index in [-0.39, 0.29) is 10.7 Å². The SMILES string of the molecule is O=[N+]([O-])c1cc([S@@](=O)c2ccccc2)ccc1Cl. The Balaban J connectivity index is 2.44. The topological polar surface area (TPSA) is 60.2 Å². The fourth-order valence-corrected chi connectivity index (χ4v) is 2.70. The van der Waals surface area contributed by atoms with Gasteiger partial charge in [-0.15, -0.1) is 0 Å². The number of nitro groups is 1. The monoisotopic (exact) mass is 281 g/mol. The Morgan fingerprint density at radius 1 is 1.06 bits per heavy atom. The third-order valence-electron chi connectivity index (χ3n) is 2.29. The third-order valence-corrected chi connectivity index (χ3v) is 3.99. The predicted octanol–water partition coefficient (Wildman–Crippen LogP) is 3.41. The lowest BCUT2D eigenvalue weighted by atomic mass is 10.3. The predicted molar refractivity (Wildman–Crippen MR) is 69.2 cm³/mol. The lowest BCUT2D eigenvalue weighted by Crippen LogP contribution is -1.95. The van der Waals surface area contributed by atoms with Crippen LogP contribution in [0.5, 0.6) is 0 Å². The molecule has 0 N–H and O–H groups in total. The van der Waals surface area contributed by atoms with Crippen molar-refractivity contribution < 1.29 is 9.13 Å². The Morgan fingerprint density at radius 3 is 2.33 bits per heavy atom. The molecule has 0 unspecified atom stereocenters. The van der Waals surface area contributed by atoms with Gasteiger partial charge in [-0.3, -0.25) is 10.1 Å². The van der Waals surface area contributed by atoms with Gasteiger partial charge in [-0.2, -0.15) is 0 Å². The molecular weight excluding hydrogens is 274 g/mol. The van der Waals surface area contributed by atoms with Crippen LogP contribution in [0.1, 0.15) is 0 Å². The van der Waals surface area contributed by atoms with Crippen molar-refractivity contribution in [3.8, 4) is 0 Å². The first-order valence-electron chi connectivity index (χ1n) is 5.00. The summed E-state index contributed by atoms with van der Waals surface area (Å²) in [7, 11) is -1.44. The molecular formula is C12H8ClNO3S. The van der Waals surface area contributed by atoms with Gasteiger partial charge in [0.25, 0.3) is 5.69 Å². The molecule has 0 aromatic heterocycles. The molecule has 0 bridgehead atoms. The van der Waals surface area contributed by atoms with E-state index in [2.05, 4.69) is 0 Å². The van der Waals surface area contributed by atoms with Gasteiger partial charge in [0.05, 0.1) is 20.6 Å². The Kier molecular flexibility index (Phi) is 3.74. The van der Waals surface area contributed by atoms with Crippen molar-refractivity contribution in [1.29, 1.82) is 0 Å². The Labute approximate surface area is 111 Å². The summed E-state index contributed by atoms with van der Waals surface area (Å²) in [5, 5.41) is 10.8. The number of benzene rings is 2. The van der Waals surface area contributed by atoms with Crippen LogP contribution in [-0.2, 0) is 10.8 Å². The second kappa shape index (κ2) is 5.29. The first kappa shape index (κ1) is 12.7. The minimum absolute atomic E-state index is 0.0359. The van der Waals surface area contributed by atoms with Crippen LogP contribution in [-0.4, -0.2) is 9.13 Å². The van der Waals surface area contributed by atoms with Crippen molar-refractivity contribution in [3.63, 3.8) is 0 Å². The van der Waals surface area contributed by atoms with Crippen LogP contribution in [0, 0.1) is 10.1 Å². The van der Waals surface area contributed by atoms with Crippen LogP contribution >= 0.6 is 11.6 Å². The zero-order valence-corrected chi connectivity index (χ0v) is 10.6. The van der Waals surface area contributed by atoms with E-state index in [1.165, 1.54) is 18.2 Å². The van der Waals surface area contributed by atoms with Crippen LogP contribution in [0.2, 0.25) is 5.02 Å². The average Bonchev–Trinajstić information content (AvgIpc) is 2.39. The standard InChI is InChI=1S/C12H8ClNO3S/c13-11-7-6-10(8-12(11)14(15)16)18(17)9-4-2-1-3-5-9/h1-8H/t18-/m0/s1. The summed E-state index contributed by atoms with van der Waals surface area (Å²) in [6.45, 7) is 0. The maximum absolute atomic E-state index is 12.2. The highest BCUT2D eigenvalue weighted by molar-refractivity contribution is 7.85. The normalized spacial score (nSPS) is 12.1. The van der Waals surface area contributed by atoms with Crippen molar-refractivity contribution in [2.24, 2.45) is 0 Å². The number of hydrogen-bond donors (Lipinski definition) is 0. The van der Waals surface area contributed by atoms with Crippen molar-refractivity contribution in [2.45, 2.75) is 9.79 Å². The van der Waals surface area contributed by atoms with E-state index in [0.29, 0.717) is 9.79 Å². The van der Waals surface area contributed by atoms with E-state index in [4.69, 9.17) is 11.6 Å². The minimum atomic E-state index is -1.44. The van der Waals surface area contributed by atoms with E-state index >= 15 is 0 Å². The van der Waals surface area contributed by atoms with Crippen LogP contribution in [0.3, 0.4) is 0 Å². The molecule has 1 atom stereocenters. The highest BCUT2D eigenvalue weighted by atomic mass is 35.5. The quantitative estimate of drug-likeness (QED) is 0.640. The molecule has 0 amide bonds. The first-order valence-corrected chi connectivity index (χ1v) is 6.53. The van der Waals surface area contributed by atoms with E-state index in [0.717, 1.165) is 0 Å². The third kappa shape index (κ3) is 2.57. The summed E-state index contributed by atoms with van der Waals surface area (Å²) in [5.41, 5.74) is -0.238. The maximum atomic E-state index is 12.2. The second-order valence-corrected chi connectivity index (χ2v) is 5.34. The molecule has 2 rings (SSSR count). The molecule has 2 aromatic carbocycles. The summed E-state index contributed by atoms with van der Waals surface area (Å²) >= 11 is 5.70. The number of nitro benzene ring substituents is 1. The van der Waals surface area contributed by atoms with Gasteiger partial charge in [-0.05, 0) is 24.3 Å². The molecule has 0 aliphatic rings. The first-order chi connectivity index (χ1) is 8.59. The molecule has 2 aromatic rings. The van der Waals surface area contributed by atoms with Gasteiger partial charge in [-0.1, -0.05) is 29.8 Å². The fraction of sp³-hybridized carbons (Fsp3) is 0. The molecule has 0 saturated carbocycles. The van der Waals surface area contributed by atoms with Gasteiger partial charge >= 0.3 is 0 Å². The Morgan fingerprint density at radius 2 is 1.72 bits per heavy atom. The molecule has 0 fully saturated rings. The van der Waals surface area contributed by atoms with E-state index < -0.39 is 15.7 Å². The number of rotatable bonds is 3. The van der Waals surface area contributed by atoms with E-state index in [1.54, 1.807) is 24.3 Å². The molecule has 0 heterocycles. The fourth-order valence-electron chi connectivity index (χ4n) is 1.43. The molecule has 6 heteroatoms. The smallest absolute Gasteiger partial charge is 0.258 e. The molecule has 0 saturated heterocycles. The van der Waals surface area contributed by atoms with Gasteiger partial charge in [0.15, 0.2) is 0 Å². The van der Waals surface area contributed by atoms with E-state index in [1.807, 2.05) is 6.07 Å². The molecule has 0 radical (unpaired) electrons. The maximum Gasteiger partial charge on any atom is 0.289 e. The van der Waals surface area contributed by atoms with Gasteiger partial charge < -0.3 is 0 Å². The summed E-state index contributed by atoms with van der Waals surface area (Å²) < 4.78 is 12.2. The van der Waals surface area contributed by atoms with Crippen LogP contribution < -0.4 is 0 Å². The number of nitrogens with zero attached hydrogens (tertiary/aromatic N) is 1. The lowest BCUT2D eigenvalue weighted by molar-refractivity contribution is -0.384. The van der Waals surface area contributed by atoms with Crippen LogP contribution in [0.4, 0.5) is 5.69 Å². The van der Waals surface area contributed by atoms with Crippen molar-refractivity contribution in [1.82, 2.24) is 0 Å². The molecule has 0 aliphatic carbocycles. The summed E-state index contributed by atoms with van der Waals surface area (Å²) in [5.74, 6) is 0. The summed E-state index contributed by atoms with van der Waals surface area (Å²) in [4.78, 5) is 11.1. The van der Waals surface area contributed by atoms with Gasteiger partial charge in [-0.25, -0.2) is 4.21 Å². The van der Waals surface area contributed by atoms with Crippen LogP contribution in [0.25, 0.3) is 0 Å². The Bertz CT molecular complexity index is 616. The van der Waals surface area contributed by atoms with Crippen molar-refractivity contribution in [2.75, 3.05) is 0 Å². The van der Waals surface area contributed by atoms with Gasteiger partial charge in [0.1, 0.15) is 5.02 Å². The highest BCUT2D eigenvalue weighted by Crippen LogP contribution is 2.28. The second-order valence-electron chi connectivity index (χ2n) is 3.45. The highest BCUT2D eigenvalue weighted by Gasteiger charge is 2.16. The summed E-state index contributed by atoms with van der Waals surface area (Å²) in [6, 6.07) is 12.9. The molecule has 92 valence electrons. The molecule has 18 heavy (non-hydrogen) atoms. The number of hydrogen-bond acceptors (Lipinski definition) is 3. The van der Waals surface area contributed by atoms with Gasteiger partial charge in [0.2, 0.25) is 0 Å². The molecule has 0 aliphatic heterocycles. The molecule has 0 spiro atoms. The zero-order chi connectivity index (χ0) is 13.1. The minimum Gasteiger partial charge on any atom is -0.258 e. The largest absolute Gasteiger partial charge is 0.289 e. The lowest BCUT2D eigenvalue weighted by Gasteiger charge is -2.03. The van der Waals surface area contributed by atoms with Crippen molar-refractivity contribution >= 4 is 28.1 Å². The average molecular weight is 282 g/mol. The van der Waals surface area contributed by atoms with Crippen molar-refractivity contribution in [3.05, 3.63) is 63.7 Å². The van der Waals surface area contributed by atoms with E-state index in [9.17, 15) is 14.3 Å². The molecule has 4 nitrogen and oxygen atoms in total. The Hall–Kier alpha value is -1.72. The van der Waals surface area contributed by atoms with Crippen LogP contribution in [0.15, 0.2) is 58.3 Å². The summed E-state index contributed by atoms with van der Waals surface area (Å²) in [6.07, 6.45) is 0. The van der Waals surface area contributed by atoms with Gasteiger partial charge in [0, 0.05) is 11.0 Å². The number of halogens is 1. The zero-order valence-electron chi connectivity index (χ0n) is 9.08.